The summed E-state index contributed by atoms with van der Waals surface area (Å²) >= 11 is 0. The van der Waals surface area contributed by atoms with Crippen LogP contribution in [-0.4, -0.2) is 32.7 Å². The molecular formula is C14H25NO3. The van der Waals surface area contributed by atoms with Crippen molar-refractivity contribution in [3.63, 3.8) is 0 Å². The molecule has 4 nitrogen and oxygen atoms in total. The van der Waals surface area contributed by atoms with E-state index < -0.39 is 0 Å². The monoisotopic (exact) mass is 255 g/mol. The van der Waals surface area contributed by atoms with Gasteiger partial charge in [0.05, 0.1) is 19.3 Å². The number of rotatable bonds is 10. The van der Waals surface area contributed by atoms with Gasteiger partial charge in [0.25, 0.3) is 0 Å². The highest BCUT2D eigenvalue weighted by Gasteiger charge is 2.14. The highest BCUT2D eigenvalue weighted by atomic mass is 16.7. The molecule has 1 rings (SSSR count). The van der Waals surface area contributed by atoms with Crippen LogP contribution in [0.25, 0.3) is 0 Å². The van der Waals surface area contributed by atoms with Gasteiger partial charge in [-0.05, 0) is 25.7 Å². The maximum absolute atomic E-state index is 8.70. The Morgan fingerprint density at radius 3 is 2.33 bits per heavy atom. The molecule has 0 aromatic rings. The van der Waals surface area contributed by atoms with Crippen molar-refractivity contribution in [1.29, 1.82) is 5.26 Å². The van der Waals surface area contributed by atoms with E-state index in [1.807, 2.05) is 0 Å². The maximum Gasteiger partial charge on any atom is 0.157 e. The first-order chi connectivity index (χ1) is 8.86. The molecule has 1 aliphatic heterocycles. The maximum atomic E-state index is 8.70. The van der Waals surface area contributed by atoms with Crippen LogP contribution in [0.3, 0.4) is 0 Å². The lowest BCUT2D eigenvalue weighted by Crippen LogP contribution is -2.07. The first-order valence-corrected chi connectivity index (χ1v) is 7.02. The van der Waals surface area contributed by atoms with Crippen LogP contribution < -0.4 is 0 Å². The number of unbranched alkanes of at least 4 members (excludes halogenated alkanes) is 5. The van der Waals surface area contributed by atoms with E-state index in [0.717, 1.165) is 32.5 Å². The van der Waals surface area contributed by atoms with E-state index in [-0.39, 0.29) is 12.4 Å². The van der Waals surface area contributed by atoms with Crippen molar-refractivity contribution in [2.75, 3.05) is 20.3 Å². The quantitative estimate of drug-likeness (QED) is 0.563. The normalized spacial score (nSPS) is 17.8. The molecule has 0 aromatic heterocycles. The molecular weight excluding hydrogens is 230 g/mol. The van der Waals surface area contributed by atoms with Gasteiger partial charge in [0.2, 0.25) is 0 Å². The fourth-order valence-electron chi connectivity index (χ4n) is 2.16. The third-order valence-corrected chi connectivity index (χ3v) is 3.28. The summed E-state index contributed by atoms with van der Waals surface area (Å²) in [6.07, 6.45) is 8.93. The molecule has 0 spiro atoms. The highest BCUT2D eigenvalue weighted by Crippen LogP contribution is 2.15. The second-order valence-corrected chi connectivity index (χ2v) is 4.72. The van der Waals surface area contributed by atoms with Crippen LogP contribution in [0.1, 0.15) is 51.4 Å². The minimum atomic E-state index is -0.221. The molecule has 4 heteroatoms. The Labute approximate surface area is 110 Å². The third kappa shape index (κ3) is 6.95. The van der Waals surface area contributed by atoms with E-state index >= 15 is 0 Å². The van der Waals surface area contributed by atoms with Crippen LogP contribution in [0.15, 0.2) is 0 Å². The molecule has 104 valence electrons. The molecule has 1 unspecified atom stereocenters. The van der Waals surface area contributed by atoms with E-state index in [2.05, 4.69) is 6.07 Å². The van der Waals surface area contributed by atoms with Crippen molar-refractivity contribution in [3.8, 4) is 6.07 Å². The largest absolute Gasteiger partial charge is 0.367 e. The predicted molar refractivity (Wildman–Crippen MR) is 69.0 cm³/mol. The van der Waals surface area contributed by atoms with E-state index in [1.165, 1.54) is 32.1 Å². The van der Waals surface area contributed by atoms with Crippen molar-refractivity contribution in [2.45, 2.75) is 63.8 Å². The Bertz CT molecular complexity index is 234. The summed E-state index contributed by atoms with van der Waals surface area (Å²) in [6.45, 7) is 1.51. The number of ether oxygens (including phenoxy) is 3. The number of hydrogen-bond acceptors (Lipinski definition) is 4. The van der Waals surface area contributed by atoms with Crippen LogP contribution in [0.5, 0.6) is 0 Å². The molecule has 0 saturated carbocycles. The SMILES string of the molecule is COC(C#N)CCCCCCCCC1OCCO1. The van der Waals surface area contributed by atoms with Crippen molar-refractivity contribution >= 4 is 0 Å². The van der Waals surface area contributed by atoms with Gasteiger partial charge < -0.3 is 14.2 Å². The zero-order chi connectivity index (χ0) is 13.1. The molecule has 18 heavy (non-hydrogen) atoms. The molecule has 1 heterocycles. The van der Waals surface area contributed by atoms with Gasteiger partial charge in [-0.1, -0.05) is 25.7 Å². The van der Waals surface area contributed by atoms with Crippen LogP contribution in [0.4, 0.5) is 0 Å². The van der Waals surface area contributed by atoms with E-state index in [4.69, 9.17) is 19.5 Å². The van der Waals surface area contributed by atoms with Crippen LogP contribution in [0, 0.1) is 11.3 Å². The Hall–Kier alpha value is -0.630. The van der Waals surface area contributed by atoms with Crippen LogP contribution >= 0.6 is 0 Å². The van der Waals surface area contributed by atoms with Gasteiger partial charge in [0.1, 0.15) is 6.10 Å². The molecule has 1 aliphatic rings. The lowest BCUT2D eigenvalue weighted by atomic mass is 10.1. The van der Waals surface area contributed by atoms with Gasteiger partial charge in [-0.2, -0.15) is 5.26 Å². The third-order valence-electron chi connectivity index (χ3n) is 3.28. The van der Waals surface area contributed by atoms with Crippen molar-refractivity contribution in [2.24, 2.45) is 0 Å². The molecule has 0 aromatic carbocycles. The van der Waals surface area contributed by atoms with Gasteiger partial charge in [0.15, 0.2) is 6.29 Å². The molecule has 0 amide bonds. The second-order valence-electron chi connectivity index (χ2n) is 4.72. The average Bonchev–Trinajstić information content (AvgIpc) is 2.90. The fourth-order valence-corrected chi connectivity index (χ4v) is 2.16. The Kier molecular flexibility index (Phi) is 8.83. The minimum absolute atomic E-state index is 0.0584. The zero-order valence-electron chi connectivity index (χ0n) is 11.4. The number of nitriles is 1. The van der Waals surface area contributed by atoms with Gasteiger partial charge in [-0.3, -0.25) is 0 Å². The average molecular weight is 255 g/mol. The van der Waals surface area contributed by atoms with Gasteiger partial charge in [0, 0.05) is 7.11 Å². The van der Waals surface area contributed by atoms with E-state index in [0.29, 0.717) is 0 Å². The fraction of sp³-hybridized carbons (Fsp3) is 0.929. The smallest absolute Gasteiger partial charge is 0.157 e. The zero-order valence-corrected chi connectivity index (χ0v) is 11.4. The standard InChI is InChI=1S/C14H25NO3/c1-16-13(12-15)8-6-4-2-3-5-7-9-14-17-10-11-18-14/h13-14H,2-11H2,1H3. The Morgan fingerprint density at radius 1 is 1.11 bits per heavy atom. The van der Waals surface area contributed by atoms with Gasteiger partial charge >= 0.3 is 0 Å². The van der Waals surface area contributed by atoms with Crippen LogP contribution in [-0.2, 0) is 14.2 Å². The second kappa shape index (κ2) is 10.3. The lowest BCUT2D eigenvalue weighted by molar-refractivity contribution is -0.0480. The number of nitrogens with zero attached hydrogens (tertiary/aromatic N) is 1. The molecule has 0 radical (unpaired) electrons. The first kappa shape index (κ1) is 15.4. The number of methoxy groups -OCH3 is 1. The van der Waals surface area contributed by atoms with E-state index in [9.17, 15) is 0 Å². The summed E-state index contributed by atoms with van der Waals surface area (Å²) in [5.41, 5.74) is 0. The Morgan fingerprint density at radius 2 is 1.72 bits per heavy atom. The molecule has 0 N–H and O–H groups in total. The predicted octanol–water partition coefficient (Wildman–Crippen LogP) is 3.02. The van der Waals surface area contributed by atoms with Crippen molar-refractivity contribution < 1.29 is 14.2 Å². The topological polar surface area (TPSA) is 51.5 Å². The highest BCUT2D eigenvalue weighted by molar-refractivity contribution is 4.82. The molecule has 1 atom stereocenters. The van der Waals surface area contributed by atoms with Crippen LogP contribution in [0.2, 0.25) is 0 Å². The molecule has 1 fully saturated rings. The summed E-state index contributed by atoms with van der Waals surface area (Å²) in [5, 5.41) is 8.70. The summed E-state index contributed by atoms with van der Waals surface area (Å²) < 4.78 is 15.8. The lowest BCUT2D eigenvalue weighted by Gasteiger charge is -2.08. The van der Waals surface area contributed by atoms with Crippen molar-refractivity contribution in [1.82, 2.24) is 0 Å². The Balaban J connectivity index is 1.79. The first-order valence-electron chi connectivity index (χ1n) is 7.02. The summed E-state index contributed by atoms with van der Waals surface area (Å²) in [6, 6.07) is 2.14. The molecule has 0 aliphatic carbocycles. The minimum Gasteiger partial charge on any atom is -0.367 e. The van der Waals surface area contributed by atoms with Crippen molar-refractivity contribution in [3.05, 3.63) is 0 Å². The summed E-state index contributed by atoms with van der Waals surface area (Å²) in [7, 11) is 1.60. The summed E-state index contributed by atoms with van der Waals surface area (Å²) in [4.78, 5) is 0. The van der Waals surface area contributed by atoms with E-state index in [1.54, 1.807) is 7.11 Å². The van der Waals surface area contributed by atoms with Gasteiger partial charge in [-0.15, -0.1) is 0 Å². The number of hydrogen-bond donors (Lipinski definition) is 0. The molecule has 1 saturated heterocycles. The summed E-state index contributed by atoms with van der Waals surface area (Å²) in [5.74, 6) is 0. The van der Waals surface area contributed by atoms with Gasteiger partial charge in [-0.25, -0.2) is 0 Å². The molecule has 0 bridgehead atoms.